The van der Waals surface area contributed by atoms with Gasteiger partial charge in [-0.15, -0.1) is 0 Å². The van der Waals surface area contributed by atoms with Crippen LogP contribution < -0.4 is 4.74 Å². The fourth-order valence-electron chi connectivity index (χ4n) is 2.09. The monoisotopic (exact) mass is 305 g/mol. The lowest BCUT2D eigenvalue weighted by Gasteiger charge is -2.11. The van der Waals surface area contributed by atoms with Crippen molar-refractivity contribution in [2.75, 3.05) is 6.61 Å². The molecule has 2 aromatic carbocycles. The maximum absolute atomic E-state index is 13.4. The van der Waals surface area contributed by atoms with Gasteiger partial charge < -0.3 is 4.74 Å². The number of nitrogens with zero attached hydrogens (tertiary/aromatic N) is 1. The minimum atomic E-state index is -0.762. The van der Waals surface area contributed by atoms with Crippen molar-refractivity contribution >= 4 is 0 Å². The van der Waals surface area contributed by atoms with Crippen molar-refractivity contribution < 1.29 is 17.9 Å². The molecule has 2 rings (SSSR count). The first-order valence-electron chi connectivity index (χ1n) is 6.83. The van der Waals surface area contributed by atoms with Crippen LogP contribution in [0, 0.1) is 28.8 Å². The van der Waals surface area contributed by atoms with Crippen molar-refractivity contribution in [1.82, 2.24) is 0 Å². The summed E-state index contributed by atoms with van der Waals surface area (Å²) in [7, 11) is 0. The summed E-state index contributed by atoms with van der Waals surface area (Å²) in [5.74, 6) is -2.29. The zero-order chi connectivity index (χ0) is 15.9. The molecule has 0 aliphatic heterocycles. The Morgan fingerprint density at radius 3 is 2.50 bits per heavy atom. The van der Waals surface area contributed by atoms with Crippen LogP contribution in [0.25, 0.3) is 0 Å². The van der Waals surface area contributed by atoms with Crippen molar-refractivity contribution in [3.63, 3.8) is 0 Å². The maximum atomic E-state index is 13.4. The van der Waals surface area contributed by atoms with Gasteiger partial charge in [0, 0.05) is 6.07 Å². The first-order chi connectivity index (χ1) is 10.6. The molecular formula is C17H14F3NO. The number of benzene rings is 2. The molecule has 114 valence electrons. The Bertz CT molecular complexity index is 682. The minimum Gasteiger partial charge on any atom is -0.491 e. The third-order valence-electron chi connectivity index (χ3n) is 3.20. The molecule has 0 saturated carbocycles. The van der Waals surface area contributed by atoms with Crippen LogP contribution in [0.2, 0.25) is 0 Å². The molecule has 2 aromatic rings. The van der Waals surface area contributed by atoms with Gasteiger partial charge >= 0.3 is 0 Å². The van der Waals surface area contributed by atoms with Crippen molar-refractivity contribution in [3.05, 3.63) is 65.5 Å². The summed E-state index contributed by atoms with van der Waals surface area (Å²) < 4.78 is 44.5. The van der Waals surface area contributed by atoms with Crippen LogP contribution in [0.4, 0.5) is 13.2 Å². The van der Waals surface area contributed by atoms with Gasteiger partial charge in [-0.2, -0.15) is 5.26 Å². The van der Waals surface area contributed by atoms with Crippen LogP contribution in [-0.2, 0) is 0 Å². The van der Waals surface area contributed by atoms with Crippen molar-refractivity contribution in [2.24, 2.45) is 0 Å². The summed E-state index contributed by atoms with van der Waals surface area (Å²) >= 11 is 0. The maximum Gasteiger partial charge on any atom is 0.167 e. The van der Waals surface area contributed by atoms with E-state index in [1.54, 1.807) is 12.1 Å². The quantitative estimate of drug-likeness (QED) is 0.732. The molecule has 0 saturated heterocycles. The van der Waals surface area contributed by atoms with E-state index < -0.39 is 17.6 Å². The van der Waals surface area contributed by atoms with Crippen LogP contribution in [-0.4, -0.2) is 6.61 Å². The Morgan fingerprint density at radius 1 is 1.05 bits per heavy atom. The summed E-state index contributed by atoms with van der Waals surface area (Å²) in [5, 5.41) is 9.15. The molecule has 0 aromatic heterocycles. The predicted octanol–water partition coefficient (Wildman–Crippen LogP) is 4.57. The standard InChI is InChI=1S/C17H14F3NO/c18-14-5-1-3-12(9-14)13(11-21)4-2-8-22-17-7-6-15(19)10-16(17)20/h1,3,5-7,9-10,13H,2,4,8H2. The third-order valence-corrected chi connectivity index (χ3v) is 3.20. The number of hydrogen-bond acceptors (Lipinski definition) is 2. The van der Waals surface area contributed by atoms with Crippen molar-refractivity contribution in [2.45, 2.75) is 18.8 Å². The smallest absolute Gasteiger partial charge is 0.167 e. The molecule has 0 aliphatic rings. The van der Waals surface area contributed by atoms with Crippen LogP contribution in [0.3, 0.4) is 0 Å². The van der Waals surface area contributed by atoms with Crippen LogP contribution in [0.15, 0.2) is 42.5 Å². The van der Waals surface area contributed by atoms with Gasteiger partial charge in [-0.1, -0.05) is 12.1 Å². The van der Waals surface area contributed by atoms with E-state index in [0.717, 1.165) is 12.1 Å². The van der Waals surface area contributed by atoms with Gasteiger partial charge in [0.25, 0.3) is 0 Å². The summed E-state index contributed by atoms with van der Waals surface area (Å²) in [6.45, 7) is 0.191. The molecule has 0 N–H and O–H groups in total. The summed E-state index contributed by atoms with van der Waals surface area (Å²) in [6.07, 6.45) is 0.953. The first-order valence-corrected chi connectivity index (χ1v) is 6.83. The largest absolute Gasteiger partial charge is 0.491 e. The molecule has 0 fully saturated rings. The molecule has 0 amide bonds. The third kappa shape index (κ3) is 4.26. The topological polar surface area (TPSA) is 33.0 Å². The fourth-order valence-corrected chi connectivity index (χ4v) is 2.09. The van der Waals surface area contributed by atoms with Gasteiger partial charge in [0.15, 0.2) is 11.6 Å². The molecule has 0 bridgehead atoms. The highest BCUT2D eigenvalue weighted by Gasteiger charge is 2.11. The van der Waals surface area contributed by atoms with Crippen LogP contribution >= 0.6 is 0 Å². The number of halogens is 3. The highest BCUT2D eigenvalue weighted by Crippen LogP contribution is 2.22. The molecular weight excluding hydrogens is 291 g/mol. The van der Waals surface area contributed by atoms with E-state index >= 15 is 0 Å². The minimum absolute atomic E-state index is 0.0272. The second kappa shape index (κ2) is 7.51. The Hall–Kier alpha value is -2.48. The van der Waals surface area contributed by atoms with Gasteiger partial charge in [-0.05, 0) is 42.7 Å². The van der Waals surface area contributed by atoms with E-state index in [-0.39, 0.29) is 18.2 Å². The van der Waals surface area contributed by atoms with Gasteiger partial charge in [0.2, 0.25) is 0 Å². The Balaban J connectivity index is 1.86. The Kier molecular flexibility index (Phi) is 5.42. The molecule has 22 heavy (non-hydrogen) atoms. The lowest BCUT2D eigenvalue weighted by molar-refractivity contribution is 0.289. The SMILES string of the molecule is N#CC(CCCOc1ccc(F)cc1F)c1cccc(F)c1. The predicted molar refractivity (Wildman–Crippen MR) is 75.8 cm³/mol. The lowest BCUT2D eigenvalue weighted by Crippen LogP contribution is -2.03. The number of ether oxygens (including phenoxy) is 1. The summed E-state index contributed by atoms with van der Waals surface area (Å²) in [4.78, 5) is 0. The fraction of sp³-hybridized carbons (Fsp3) is 0.235. The molecule has 0 aliphatic carbocycles. The summed E-state index contributed by atoms with van der Waals surface area (Å²) in [5.41, 5.74) is 0.607. The van der Waals surface area contributed by atoms with Crippen molar-refractivity contribution in [1.29, 1.82) is 5.26 Å². The summed E-state index contributed by atoms with van der Waals surface area (Å²) in [6, 6.07) is 11.1. The lowest BCUT2D eigenvalue weighted by atomic mass is 9.96. The first kappa shape index (κ1) is 15.9. The van der Waals surface area contributed by atoms with E-state index in [4.69, 9.17) is 10.00 Å². The number of hydrogen-bond donors (Lipinski definition) is 0. The molecule has 5 heteroatoms. The zero-order valence-electron chi connectivity index (χ0n) is 11.7. The second-order valence-corrected chi connectivity index (χ2v) is 4.80. The highest BCUT2D eigenvalue weighted by molar-refractivity contribution is 5.26. The van der Waals surface area contributed by atoms with Gasteiger partial charge in [0.05, 0.1) is 18.6 Å². The molecule has 0 heterocycles. The van der Waals surface area contributed by atoms with E-state index in [9.17, 15) is 13.2 Å². The van der Waals surface area contributed by atoms with E-state index in [0.29, 0.717) is 18.4 Å². The number of nitriles is 1. The molecule has 2 nitrogen and oxygen atoms in total. The molecule has 0 spiro atoms. The highest BCUT2D eigenvalue weighted by atomic mass is 19.1. The number of rotatable bonds is 6. The van der Waals surface area contributed by atoms with Gasteiger partial charge in [-0.3, -0.25) is 0 Å². The van der Waals surface area contributed by atoms with E-state index in [1.165, 1.54) is 18.2 Å². The Morgan fingerprint density at radius 2 is 1.82 bits per heavy atom. The molecule has 1 unspecified atom stereocenters. The van der Waals surface area contributed by atoms with E-state index in [1.807, 2.05) is 0 Å². The van der Waals surface area contributed by atoms with Gasteiger partial charge in [0.1, 0.15) is 11.6 Å². The van der Waals surface area contributed by atoms with Crippen LogP contribution in [0.5, 0.6) is 5.75 Å². The van der Waals surface area contributed by atoms with Gasteiger partial charge in [-0.25, -0.2) is 13.2 Å². The normalized spacial score (nSPS) is 11.7. The van der Waals surface area contributed by atoms with Crippen LogP contribution in [0.1, 0.15) is 24.3 Å². The second-order valence-electron chi connectivity index (χ2n) is 4.80. The molecule has 0 radical (unpaired) electrons. The molecule has 1 atom stereocenters. The zero-order valence-corrected chi connectivity index (χ0v) is 11.7. The average molecular weight is 305 g/mol. The average Bonchev–Trinajstić information content (AvgIpc) is 2.49. The van der Waals surface area contributed by atoms with E-state index in [2.05, 4.69) is 6.07 Å². The van der Waals surface area contributed by atoms with Crippen molar-refractivity contribution in [3.8, 4) is 11.8 Å². The Labute approximate surface area is 126 Å².